The van der Waals surface area contributed by atoms with Gasteiger partial charge in [0.05, 0.1) is 11.7 Å². The fourth-order valence-electron chi connectivity index (χ4n) is 4.07. The molecule has 0 aromatic carbocycles. The summed E-state index contributed by atoms with van der Waals surface area (Å²) >= 11 is 0. The number of hydrogen-bond acceptors (Lipinski definition) is 3. The predicted molar refractivity (Wildman–Crippen MR) is 67.5 cm³/mol. The Balaban J connectivity index is 1.64. The van der Waals surface area contributed by atoms with Crippen LogP contribution < -0.4 is 5.32 Å². The van der Waals surface area contributed by atoms with Crippen LogP contribution in [-0.4, -0.2) is 34.9 Å². The molecule has 1 spiro atoms. The van der Waals surface area contributed by atoms with Crippen molar-refractivity contribution in [2.24, 2.45) is 0 Å². The van der Waals surface area contributed by atoms with E-state index in [1.54, 1.807) is 0 Å². The molecule has 0 aromatic rings. The van der Waals surface area contributed by atoms with Gasteiger partial charge >= 0.3 is 5.97 Å². The van der Waals surface area contributed by atoms with Gasteiger partial charge in [-0.05, 0) is 45.1 Å². The predicted octanol–water partition coefficient (Wildman–Crippen LogP) is 2.08. The van der Waals surface area contributed by atoms with Crippen molar-refractivity contribution < 1.29 is 14.6 Å². The Bertz CT molecular complexity index is 330. The van der Waals surface area contributed by atoms with Crippen molar-refractivity contribution in [3.63, 3.8) is 0 Å². The SMILES string of the molecule is O=C(O)C1(CC2CCC3(CCCC3)O2)CCCN1. The van der Waals surface area contributed by atoms with E-state index in [-0.39, 0.29) is 11.7 Å². The van der Waals surface area contributed by atoms with Crippen LogP contribution in [0.5, 0.6) is 0 Å². The first kappa shape index (κ1) is 12.4. The summed E-state index contributed by atoms with van der Waals surface area (Å²) in [5.41, 5.74) is -0.599. The number of carboxylic acids is 1. The normalized spacial score (nSPS) is 38.6. The van der Waals surface area contributed by atoms with Gasteiger partial charge in [-0.1, -0.05) is 12.8 Å². The summed E-state index contributed by atoms with van der Waals surface area (Å²) in [6, 6.07) is 0. The van der Waals surface area contributed by atoms with Crippen molar-refractivity contribution in [1.82, 2.24) is 5.32 Å². The van der Waals surface area contributed by atoms with Gasteiger partial charge in [0.25, 0.3) is 0 Å². The second-order valence-electron chi connectivity index (χ2n) is 6.29. The van der Waals surface area contributed by atoms with Gasteiger partial charge in [-0.3, -0.25) is 4.79 Å². The van der Waals surface area contributed by atoms with E-state index in [4.69, 9.17) is 4.74 Å². The van der Waals surface area contributed by atoms with Gasteiger partial charge in [-0.15, -0.1) is 0 Å². The van der Waals surface area contributed by atoms with Crippen molar-refractivity contribution >= 4 is 5.97 Å². The molecule has 2 unspecified atom stereocenters. The third-order valence-corrected chi connectivity index (χ3v) is 5.08. The first-order chi connectivity index (χ1) is 8.64. The number of nitrogens with one attached hydrogen (secondary N) is 1. The average Bonchev–Trinajstić information content (AvgIpc) is 3.03. The van der Waals surface area contributed by atoms with Crippen LogP contribution in [0.25, 0.3) is 0 Å². The van der Waals surface area contributed by atoms with Crippen molar-refractivity contribution in [1.29, 1.82) is 0 Å². The van der Waals surface area contributed by atoms with Gasteiger partial charge in [-0.25, -0.2) is 0 Å². The molecule has 0 bridgehead atoms. The molecule has 1 aliphatic carbocycles. The van der Waals surface area contributed by atoms with Gasteiger partial charge in [0, 0.05) is 6.42 Å². The molecule has 3 aliphatic rings. The van der Waals surface area contributed by atoms with E-state index in [0.717, 1.165) is 32.2 Å². The van der Waals surface area contributed by atoms with Crippen LogP contribution in [0.2, 0.25) is 0 Å². The molecular weight excluding hydrogens is 230 g/mol. The topological polar surface area (TPSA) is 58.6 Å². The zero-order valence-electron chi connectivity index (χ0n) is 10.9. The third-order valence-electron chi connectivity index (χ3n) is 5.08. The van der Waals surface area contributed by atoms with Crippen LogP contribution in [-0.2, 0) is 9.53 Å². The Morgan fingerprint density at radius 1 is 1.22 bits per heavy atom. The molecule has 2 aliphatic heterocycles. The van der Waals surface area contributed by atoms with Gasteiger partial charge in [-0.2, -0.15) is 0 Å². The lowest BCUT2D eigenvalue weighted by atomic mass is 9.89. The minimum absolute atomic E-state index is 0.114. The molecule has 4 heteroatoms. The Kier molecular flexibility index (Phi) is 3.10. The van der Waals surface area contributed by atoms with Crippen LogP contribution in [0.1, 0.15) is 57.8 Å². The van der Waals surface area contributed by atoms with Gasteiger partial charge < -0.3 is 15.2 Å². The summed E-state index contributed by atoms with van der Waals surface area (Å²) in [5, 5.41) is 12.7. The highest BCUT2D eigenvalue weighted by Gasteiger charge is 2.48. The highest BCUT2D eigenvalue weighted by atomic mass is 16.5. The second-order valence-corrected chi connectivity index (χ2v) is 6.29. The van der Waals surface area contributed by atoms with E-state index in [2.05, 4.69) is 5.32 Å². The molecule has 1 saturated carbocycles. The molecule has 2 heterocycles. The fraction of sp³-hybridized carbons (Fsp3) is 0.929. The lowest BCUT2D eigenvalue weighted by molar-refractivity contribution is -0.146. The molecular formula is C14H23NO3. The molecule has 0 aromatic heterocycles. The lowest BCUT2D eigenvalue weighted by Gasteiger charge is -2.29. The van der Waals surface area contributed by atoms with E-state index in [9.17, 15) is 9.90 Å². The third kappa shape index (κ3) is 2.05. The highest BCUT2D eigenvalue weighted by molar-refractivity contribution is 5.79. The van der Waals surface area contributed by atoms with Gasteiger partial charge in [0.1, 0.15) is 5.54 Å². The van der Waals surface area contributed by atoms with Crippen LogP contribution in [0, 0.1) is 0 Å². The molecule has 102 valence electrons. The molecule has 4 nitrogen and oxygen atoms in total. The van der Waals surface area contributed by atoms with Crippen molar-refractivity contribution in [2.45, 2.75) is 75.0 Å². The maximum Gasteiger partial charge on any atom is 0.323 e. The maximum atomic E-state index is 11.5. The number of rotatable bonds is 3. The highest BCUT2D eigenvalue weighted by Crippen LogP contribution is 2.45. The Morgan fingerprint density at radius 2 is 2.00 bits per heavy atom. The monoisotopic (exact) mass is 253 g/mol. The Labute approximate surface area is 108 Å². The second kappa shape index (κ2) is 4.49. The molecule has 18 heavy (non-hydrogen) atoms. The number of carbonyl (C=O) groups is 1. The van der Waals surface area contributed by atoms with Crippen LogP contribution in [0.3, 0.4) is 0 Å². The van der Waals surface area contributed by atoms with Crippen molar-refractivity contribution in [2.75, 3.05) is 6.54 Å². The fourth-order valence-corrected chi connectivity index (χ4v) is 4.07. The average molecular weight is 253 g/mol. The van der Waals surface area contributed by atoms with Crippen LogP contribution >= 0.6 is 0 Å². The molecule has 0 radical (unpaired) electrons. The lowest BCUT2D eigenvalue weighted by Crippen LogP contribution is -2.50. The molecule has 3 rings (SSSR count). The van der Waals surface area contributed by atoms with E-state index >= 15 is 0 Å². The minimum atomic E-state index is -0.713. The molecule has 3 fully saturated rings. The first-order valence-corrected chi connectivity index (χ1v) is 7.31. The quantitative estimate of drug-likeness (QED) is 0.808. The van der Waals surface area contributed by atoms with E-state index < -0.39 is 11.5 Å². The number of ether oxygens (including phenoxy) is 1. The van der Waals surface area contributed by atoms with Gasteiger partial charge in [0.15, 0.2) is 0 Å². The largest absolute Gasteiger partial charge is 0.480 e. The maximum absolute atomic E-state index is 11.5. The Morgan fingerprint density at radius 3 is 2.61 bits per heavy atom. The van der Waals surface area contributed by atoms with Crippen LogP contribution in [0.15, 0.2) is 0 Å². The van der Waals surface area contributed by atoms with Crippen molar-refractivity contribution in [3.05, 3.63) is 0 Å². The summed E-state index contributed by atoms with van der Waals surface area (Å²) in [6.07, 6.45) is 9.57. The molecule has 2 atom stereocenters. The smallest absolute Gasteiger partial charge is 0.323 e. The Hall–Kier alpha value is -0.610. The summed E-state index contributed by atoms with van der Waals surface area (Å²) in [7, 11) is 0. The minimum Gasteiger partial charge on any atom is -0.480 e. The van der Waals surface area contributed by atoms with E-state index in [1.165, 1.54) is 25.7 Å². The number of hydrogen-bond donors (Lipinski definition) is 2. The molecule has 2 N–H and O–H groups in total. The van der Waals surface area contributed by atoms with E-state index in [1.807, 2.05) is 0 Å². The van der Waals surface area contributed by atoms with Crippen molar-refractivity contribution in [3.8, 4) is 0 Å². The summed E-state index contributed by atoms with van der Waals surface area (Å²) in [5.74, 6) is -0.698. The summed E-state index contributed by atoms with van der Waals surface area (Å²) in [4.78, 5) is 11.5. The van der Waals surface area contributed by atoms with Crippen LogP contribution in [0.4, 0.5) is 0 Å². The zero-order chi connectivity index (χ0) is 12.6. The van der Waals surface area contributed by atoms with E-state index in [0.29, 0.717) is 6.42 Å². The number of carboxylic acid groups (broad SMARTS) is 1. The summed E-state index contributed by atoms with van der Waals surface area (Å²) < 4.78 is 6.24. The zero-order valence-corrected chi connectivity index (χ0v) is 10.9. The molecule has 2 saturated heterocycles. The standard InChI is InChI=1S/C14H23NO3/c16-12(17)14(7-3-9-15-14)10-11-4-8-13(18-11)5-1-2-6-13/h11,15H,1-10H2,(H,16,17). The molecule has 0 amide bonds. The summed E-state index contributed by atoms with van der Waals surface area (Å²) in [6.45, 7) is 0.824. The van der Waals surface area contributed by atoms with Gasteiger partial charge in [0.2, 0.25) is 0 Å². The first-order valence-electron chi connectivity index (χ1n) is 7.31. The number of aliphatic carboxylic acids is 1.